The van der Waals surface area contributed by atoms with Gasteiger partial charge in [-0.2, -0.15) is 4.98 Å². The molecule has 1 amide bonds. The van der Waals surface area contributed by atoms with Crippen LogP contribution in [0.3, 0.4) is 0 Å². The summed E-state index contributed by atoms with van der Waals surface area (Å²) in [6.45, 7) is 7.60. The van der Waals surface area contributed by atoms with Gasteiger partial charge in [0.15, 0.2) is 0 Å². The maximum absolute atomic E-state index is 13.7. The minimum absolute atomic E-state index is 0.0697. The summed E-state index contributed by atoms with van der Waals surface area (Å²) < 4.78 is 18.9. The molecular weight excluding hydrogens is 311 g/mol. The predicted octanol–water partition coefficient (Wildman–Crippen LogP) is 2.70. The van der Waals surface area contributed by atoms with Crippen LogP contribution in [0.25, 0.3) is 11.4 Å². The Morgan fingerprint density at radius 3 is 2.71 bits per heavy atom. The maximum Gasteiger partial charge on any atom is 0.244 e. The Morgan fingerprint density at radius 1 is 1.38 bits per heavy atom. The van der Waals surface area contributed by atoms with Gasteiger partial charge in [-0.25, -0.2) is 4.39 Å². The summed E-state index contributed by atoms with van der Waals surface area (Å²) >= 11 is 0. The first-order valence-electron chi connectivity index (χ1n) is 7.87. The van der Waals surface area contributed by atoms with Crippen molar-refractivity contribution in [1.29, 1.82) is 0 Å². The lowest BCUT2D eigenvalue weighted by molar-refractivity contribution is -0.123. The summed E-state index contributed by atoms with van der Waals surface area (Å²) in [5, 5.41) is 6.74. The van der Waals surface area contributed by atoms with Gasteiger partial charge >= 0.3 is 0 Å². The first kappa shape index (κ1) is 18.1. The first-order chi connectivity index (χ1) is 11.3. The summed E-state index contributed by atoms with van der Waals surface area (Å²) in [6.07, 6.45) is 0. The summed E-state index contributed by atoms with van der Waals surface area (Å²) in [7, 11) is 1.81. The van der Waals surface area contributed by atoms with Crippen LogP contribution in [0, 0.1) is 12.7 Å². The summed E-state index contributed by atoms with van der Waals surface area (Å²) in [5.74, 6) is 0.329. The van der Waals surface area contributed by atoms with Crippen LogP contribution < -0.4 is 5.32 Å². The van der Waals surface area contributed by atoms with E-state index in [4.69, 9.17) is 4.52 Å². The molecule has 0 radical (unpaired) electrons. The van der Waals surface area contributed by atoms with Crippen LogP contribution in [-0.2, 0) is 4.79 Å². The van der Waals surface area contributed by atoms with E-state index >= 15 is 0 Å². The third kappa shape index (κ3) is 4.38. The maximum atomic E-state index is 13.7. The number of nitrogens with one attached hydrogen (secondary N) is 1. The number of carbonyl (C=O) groups excluding carboxylic acids is 1. The van der Waals surface area contributed by atoms with Crippen molar-refractivity contribution in [1.82, 2.24) is 20.4 Å². The highest BCUT2D eigenvalue weighted by atomic mass is 19.1. The number of hydrogen-bond donors (Lipinski definition) is 1. The Morgan fingerprint density at radius 2 is 2.08 bits per heavy atom. The van der Waals surface area contributed by atoms with Gasteiger partial charge in [0.2, 0.25) is 17.6 Å². The molecule has 0 saturated carbocycles. The lowest BCUT2D eigenvalue weighted by atomic mass is 10.1. The Balaban J connectivity index is 2.08. The molecule has 1 aromatic carbocycles. The zero-order chi connectivity index (χ0) is 17.9. The van der Waals surface area contributed by atoms with E-state index in [1.807, 2.05) is 25.7 Å². The first-order valence-corrected chi connectivity index (χ1v) is 7.87. The molecule has 1 aromatic heterocycles. The zero-order valence-electron chi connectivity index (χ0n) is 14.6. The standard InChI is InChI=1S/C17H23FN4O2/c1-10(2)19-15(23)9-22(5)12(4)17-20-16(21-24-17)13-7-6-11(3)14(18)8-13/h6-8,10,12H,9H2,1-5H3,(H,19,23)/t12-/m1/s1. The Labute approximate surface area is 141 Å². The number of aryl methyl sites for hydroxylation is 1. The molecule has 0 spiro atoms. The molecule has 0 saturated heterocycles. The van der Waals surface area contributed by atoms with Gasteiger partial charge in [0.05, 0.1) is 12.6 Å². The van der Waals surface area contributed by atoms with Crippen molar-refractivity contribution in [3.8, 4) is 11.4 Å². The average molecular weight is 334 g/mol. The molecule has 130 valence electrons. The van der Waals surface area contributed by atoms with E-state index in [-0.39, 0.29) is 30.4 Å². The molecule has 0 aliphatic carbocycles. The Bertz CT molecular complexity index is 714. The Hall–Kier alpha value is -2.28. The molecule has 6 nitrogen and oxygen atoms in total. The van der Waals surface area contributed by atoms with Gasteiger partial charge < -0.3 is 9.84 Å². The molecule has 1 atom stereocenters. The molecule has 0 unspecified atom stereocenters. The molecule has 0 bridgehead atoms. The number of halogens is 1. The van der Waals surface area contributed by atoms with Gasteiger partial charge in [0.25, 0.3) is 0 Å². The van der Waals surface area contributed by atoms with E-state index in [2.05, 4.69) is 15.5 Å². The largest absolute Gasteiger partial charge is 0.353 e. The van der Waals surface area contributed by atoms with E-state index < -0.39 is 0 Å². The monoisotopic (exact) mass is 334 g/mol. The van der Waals surface area contributed by atoms with Crippen LogP contribution >= 0.6 is 0 Å². The van der Waals surface area contributed by atoms with Crippen molar-refractivity contribution in [2.24, 2.45) is 0 Å². The second-order valence-corrected chi connectivity index (χ2v) is 6.23. The van der Waals surface area contributed by atoms with Gasteiger partial charge in [-0.15, -0.1) is 0 Å². The summed E-state index contributed by atoms with van der Waals surface area (Å²) in [4.78, 5) is 18.0. The molecule has 1 heterocycles. The second kappa shape index (κ2) is 7.53. The number of nitrogens with zero attached hydrogens (tertiary/aromatic N) is 3. The van der Waals surface area contributed by atoms with Crippen molar-refractivity contribution >= 4 is 5.91 Å². The number of benzene rings is 1. The summed E-state index contributed by atoms with van der Waals surface area (Å²) in [6, 6.07) is 4.66. The third-order valence-electron chi connectivity index (χ3n) is 3.73. The van der Waals surface area contributed by atoms with E-state index in [1.165, 1.54) is 6.07 Å². The molecule has 0 aliphatic heterocycles. The van der Waals surface area contributed by atoms with Crippen molar-refractivity contribution < 1.29 is 13.7 Å². The third-order valence-corrected chi connectivity index (χ3v) is 3.73. The van der Waals surface area contributed by atoms with E-state index in [1.54, 1.807) is 26.1 Å². The fourth-order valence-corrected chi connectivity index (χ4v) is 2.17. The summed E-state index contributed by atoms with van der Waals surface area (Å²) in [5.41, 5.74) is 1.12. The lowest BCUT2D eigenvalue weighted by Gasteiger charge is -2.21. The van der Waals surface area contributed by atoms with Gasteiger partial charge in [0.1, 0.15) is 5.82 Å². The van der Waals surface area contributed by atoms with E-state index in [0.717, 1.165) is 0 Å². The highest BCUT2D eigenvalue weighted by molar-refractivity contribution is 5.78. The molecule has 7 heteroatoms. The van der Waals surface area contributed by atoms with Crippen LogP contribution in [0.15, 0.2) is 22.7 Å². The second-order valence-electron chi connectivity index (χ2n) is 6.23. The topological polar surface area (TPSA) is 71.3 Å². The molecule has 0 fully saturated rings. The molecule has 2 aromatic rings. The molecule has 1 N–H and O–H groups in total. The minimum atomic E-state index is -0.311. The molecular formula is C17H23FN4O2. The van der Waals surface area contributed by atoms with Crippen LogP contribution in [-0.4, -0.2) is 40.6 Å². The van der Waals surface area contributed by atoms with Crippen LogP contribution in [0.1, 0.15) is 38.3 Å². The van der Waals surface area contributed by atoms with Crippen LogP contribution in [0.2, 0.25) is 0 Å². The zero-order valence-corrected chi connectivity index (χ0v) is 14.6. The average Bonchev–Trinajstić information content (AvgIpc) is 2.98. The van der Waals surface area contributed by atoms with Crippen molar-refractivity contribution in [2.45, 2.75) is 39.8 Å². The number of carbonyl (C=O) groups is 1. The smallest absolute Gasteiger partial charge is 0.244 e. The van der Waals surface area contributed by atoms with Gasteiger partial charge in [0, 0.05) is 11.6 Å². The van der Waals surface area contributed by atoms with Gasteiger partial charge in [-0.3, -0.25) is 9.69 Å². The highest BCUT2D eigenvalue weighted by Crippen LogP contribution is 2.22. The quantitative estimate of drug-likeness (QED) is 0.879. The van der Waals surface area contributed by atoms with E-state index in [9.17, 15) is 9.18 Å². The minimum Gasteiger partial charge on any atom is -0.353 e. The van der Waals surface area contributed by atoms with Crippen LogP contribution in [0.5, 0.6) is 0 Å². The van der Waals surface area contributed by atoms with Crippen molar-refractivity contribution in [2.75, 3.05) is 13.6 Å². The number of rotatable bonds is 6. The van der Waals surface area contributed by atoms with Crippen molar-refractivity contribution in [3.05, 3.63) is 35.5 Å². The fourth-order valence-electron chi connectivity index (χ4n) is 2.17. The van der Waals surface area contributed by atoms with Crippen LogP contribution in [0.4, 0.5) is 4.39 Å². The number of aromatic nitrogens is 2. The SMILES string of the molecule is Cc1ccc(-c2noc([C@@H](C)N(C)CC(=O)NC(C)C)n2)cc1F. The number of hydrogen-bond acceptors (Lipinski definition) is 5. The molecule has 0 aliphatic rings. The number of likely N-dealkylation sites (N-methyl/N-ethyl adjacent to an activating group) is 1. The normalized spacial score (nSPS) is 12.7. The van der Waals surface area contributed by atoms with E-state index in [0.29, 0.717) is 22.8 Å². The molecule has 2 rings (SSSR count). The van der Waals surface area contributed by atoms with Gasteiger partial charge in [-0.05, 0) is 46.4 Å². The lowest BCUT2D eigenvalue weighted by Crippen LogP contribution is -2.39. The molecule has 24 heavy (non-hydrogen) atoms. The Kier molecular flexibility index (Phi) is 5.66. The van der Waals surface area contributed by atoms with Gasteiger partial charge in [-0.1, -0.05) is 17.3 Å². The fraction of sp³-hybridized carbons (Fsp3) is 0.471. The van der Waals surface area contributed by atoms with Crippen molar-refractivity contribution in [3.63, 3.8) is 0 Å². The number of amides is 1. The highest BCUT2D eigenvalue weighted by Gasteiger charge is 2.21. The predicted molar refractivity (Wildman–Crippen MR) is 88.8 cm³/mol.